The molecule has 1 heterocycles. The lowest BCUT2D eigenvalue weighted by molar-refractivity contribution is 0.0994. The SMILES string of the molecule is CC(Sc1nnc(COc2ccccc2Cl)n1C)C(=O)c1cccc(Cl)c1. The highest BCUT2D eigenvalue weighted by Gasteiger charge is 2.20. The molecule has 0 aliphatic rings. The van der Waals surface area contributed by atoms with Crippen LogP contribution in [0.25, 0.3) is 0 Å². The summed E-state index contributed by atoms with van der Waals surface area (Å²) >= 11 is 13.4. The Bertz CT molecular complexity index is 962. The summed E-state index contributed by atoms with van der Waals surface area (Å²) in [6.07, 6.45) is 0. The molecule has 5 nitrogen and oxygen atoms in total. The topological polar surface area (TPSA) is 57.0 Å². The van der Waals surface area contributed by atoms with E-state index in [-0.39, 0.29) is 17.6 Å². The van der Waals surface area contributed by atoms with Gasteiger partial charge in [-0.15, -0.1) is 10.2 Å². The highest BCUT2D eigenvalue weighted by molar-refractivity contribution is 8.00. The zero-order valence-electron chi connectivity index (χ0n) is 14.7. The van der Waals surface area contributed by atoms with Crippen molar-refractivity contribution in [2.45, 2.75) is 23.9 Å². The average molecular weight is 422 g/mol. The van der Waals surface area contributed by atoms with E-state index in [1.807, 2.05) is 30.7 Å². The Morgan fingerprint density at radius 2 is 1.96 bits per heavy atom. The Morgan fingerprint density at radius 1 is 1.19 bits per heavy atom. The minimum atomic E-state index is -0.330. The number of Topliss-reactive ketones (excluding diaryl/α,β-unsaturated/α-hetero) is 1. The van der Waals surface area contributed by atoms with Crippen LogP contribution in [0.3, 0.4) is 0 Å². The van der Waals surface area contributed by atoms with E-state index >= 15 is 0 Å². The van der Waals surface area contributed by atoms with E-state index in [9.17, 15) is 4.79 Å². The quantitative estimate of drug-likeness (QED) is 0.393. The first kappa shape index (κ1) is 19.7. The molecule has 0 bridgehead atoms. The Hall–Kier alpha value is -2.02. The fourth-order valence-electron chi connectivity index (χ4n) is 2.37. The number of ether oxygens (including phenoxy) is 1. The van der Waals surface area contributed by atoms with E-state index in [0.29, 0.717) is 32.3 Å². The number of para-hydroxylation sites is 1. The molecule has 0 saturated heterocycles. The fourth-order valence-corrected chi connectivity index (χ4v) is 3.66. The van der Waals surface area contributed by atoms with Gasteiger partial charge < -0.3 is 9.30 Å². The third-order valence-electron chi connectivity index (χ3n) is 3.88. The maximum Gasteiger partial charge on any atom is 0.191 e. The molecule has 8 heteroatoms. The smallest absolute Gasteiger partial charge is 0.191 e. The van der Waals surface area contributed by atoms with Gasteiger partial charge in [0.15, 0.2) is 16.8 Å². The molecule has 27 heavy (non-hydrogen) atoms. The molecule has 1 aromatic heterocycles. The number of thioether (sulfide) groups is 1. The zero-order valence-corrected chi connectivity index (χ0v) is 17.1. The summed E-state index contributed by atoms with van der Waals surface area (Å²) in [5.41, 5.74) is 0.576. The Morgan fingerprint density at radius 3 is 2.70 bits per heavy atom. The van der Waals surface area contributed by atoms with Crippen LogP contribution in [0.4, 0.5) is 0 Å². The molecule has 0 N–H and O–H groups in total. The van der Waals surface area contributed by atoms with Crippen LogP contribution < -0.4 is 4.74 Å². The molecular weight excluding hydrogens is 405 g/mol. The highest BCUT2D eigenvalue weighted by atomic mass is 35.5. The summed E-state index contributed by atoms with van der Waals surface area (Å²) in [5.74, 6) is 1.21. The van der Waals surface area contributed by atoms with Crippen molar-refractivity contribution in [2.24, 2.45) is 7.05 Å². The van der Waals surface area contributed by atoms with Crippen LogP contribution in [0.2, 0.25) is 10.0 Å². The highest BCUT2D eigenvalue weighted by Crippen LogP contribution is 2.27. The number of halogens is 2. The molecule has 0 spiro atoms. The summed E-state index contributed by atoms with van der Waals surface area (Å²) in [7, 11) is 1.84. The van der Waals surface area contributed by atoms with E-state index in [4.69, 9.17) is 27.9 Å². The second kappa shape index (κ2) is 8.78. The number of hydrogen-bond donors (Lipinski definition) is 0. The Kier molecular flexibility index (Phi) is 6.42. The van der Waals surface area contributed by atoms with Crippen LogP contribution in [0.5, 0.6) is 5.75 Å². The molecule has 0 saturated carbocycles. The number of carbonyl (C=O) groups excluding carboxylic acids is 1. The first-order valence-electron chi connectivity index (χ1n) is 8.17. The molecule has 0 aliphatic carbocycles. The first-order valence-corrected chi connectivity index (χ1v) is 9.81. The van der Waals surface area contributed by atoms with Crippen LogP contribution in [-0.2, 0) is 13.7 Å². The van der Waals surface area contributed by atoms with Crippen molar-refractivity contribution in [1.29, 1.82) is 0 Å². The van der Waals surface area contributed by atoms with Crippen LogP contribution in [0.15, 0.2) is 53.7 Å². The van der Waals surface area contributed by atoms with Gasteiger partial charge in [0.25, 0.3) is 0 Å². The first-order chi connectivity index (χ1) is 13.0. The number of hydrogen-bond acceptors (Lipinski definition) is 5. The zero-order chi connectivity index (χ0) is 19.4. The van der Waals surface area contributed by atoms with Gasteiger partial charge in [0.05, 0.1) is 10.3 Å². The van der Waals surface area contributed by atoms with Gasteiger partial charge in [-0.05, 0) is 31.2 Å². The van der Waals surface area contributed by atoms with Gasteiger partial charge in [-0.1, -0.05) is 59.2 Å². The van der Waals surface area contributed by atoms with Gasteiger partial charge in [-0.2, -0.15) is 0 Å². The maximum absolute atomic E-state index is 12.6. The summed E-state index contributed by atoms with van der Waals surface area (Å²) in [5, 5.41) is 9.70. The predicted octanol–water partition coefficient (Wildman–Crippen LogP) is 5.06. The van der Waals surface area contributed by atoms with E-state index in [1.54, 1.807) is 36.4 Å². The van der Waals surface area contributed by atoms with Crippen molar-refractivity contribution < 1.29 is 9.53 Å². The lowest BCUT2D eigenvalue weighted by Gasteiger charge is -2.11. The third-order valence-corrected chi connectivity index (χ3v) is 5.56. The number of rotatable bonds is 7. The summed E-state index contributed by atoms with van der Waals surface area (Å²) in [4.78, 5) is 12.6. The van der Waals surface area contributed by atoms with Crippen LogP contribution >= 0.6 is 35.0 Å². The molecular formula is C19H17Cl2N3O2S. The van der Waals surface area contributed by atoms with Gasteiger partial charge in [-0.25, -0.2) is 0 Å². The third kappa shape index (κ3) is 4.83. The molecule has 1 atom stereocenters. The summed E-state index contributed by atoms with van der Waals surface area (Å²) < 4.78 is 7.51. The maximum atomic E-state index is 12.6. The molecule has 140 valence electrons. The van der Waals surface area contributed by atoms with Crippen molar-refractivity contribution in [3.63, 3.8) is 0 Å². The molecule has 3 rings (SSSR count). The molecule has 0 aliphatic heterocycles. The van der Waals surface area contributed by atoms with Gasteiger partial charge in [0.1, 0.15) is 12.4 Å². The number of carbonyl (C=O) groups is 1. The van der Waals surface area contributed by atoms with Crippen LogP contribution in [0, 0.1) is 0 Å². The number of benzene rings is 2. The molecule has 0 radical (unpaired) electrons. The largest absolute Gasteiger partial charge is 0.484 e. The number of aromatic nitrogens is 3. The summed E-state index contributed by atoms with van der Waals surface area (Å²) in [6.45, 7) is 2.06. The van der Waals surface area contributed by atoms with E-state index < -0.39 is 0 Å². The molecule has 3 aromatic rings. The van der Waals surface area contributed by atoms with Gasteiger partial charge in [-0.3, -0.25) is 4.79 Å². The van der Waals surface area contributed by atoms with Crippen molar-refractivity contribution in [1.82, 2.24) is 14.8 Å². The lowest BCUT2D eigenvalue weighted by Crippen LogP contribution is -2.14. The minimum absolute atomic E-state index is 0.0145. The standard InChI is InChI=1S/C19H17Cl2N3O2S/c1-12(18(25)13-6-5-7-14(20)10-13)27-19-23-22-17(24(19)2)11-26-16-9-4-3-8-15(16)21/h3-10,12H,11H2,1-2H3. The lowest BCUT2D eigenvalue weighted by atomic mass is 10.1. The second-order valence-corrected chi connectivity index (χ2v) is 7.96. The van der Waals surface area contributed by atoms with Gasteiger partial charge >= 0.3 is 0 Å². The van der Waals surface area contributed by atoms with E-state index in [0.717, 1.165) is 0 Å². The van der Waals surface area contributed by atoms with Gasteiger partial charge in [0, 0.05) is 17.6 Å². The Labute approximate surface area is 171 Å². The number of nitrogens with zero attached hydrogens (tertiary/aromatic N) is 3. The molecule has 1 unspecified atom stereocenters. The summed E-state index contributed by atoms with van der Waals surface area (Å²) in [6, 6.07) is 14.2. The minimum Gasteiger partial charge on any atom is -0.484 e. The Balaban J connectivity index is 1.66. The normalized spacial score (nSPS) is 12.0. The van der Waals surface area contributed by atoms with Gasteiger partial charge in [0.2, 0.25) is 0 Å². The van der Waals surface area contributed by atoms with E-state index in [2.05, 4.69) is 10.2 Å². The van der Waals surface area contributed by atoms with Crippen LogP contribution in [-0.4, -0.2) is 25.8 Å². The molecule has 0 amide bonds. The molecule has 0 fully saturated rings. The predicted molar refractivity (Wildman–Crippen MR) is 108 cm³/mol. The van der Waals surface area contributed by atoms with Crippen molar-refractivity contribution >= 4 is 40.7 Å². The van der Waals surface area contributed by atoms with Crippen LogP contribution in [0.1, 0.15) is 23.1 Å². The van der Waals surface area contributed by atoms with E-state index in [1.165, 1.54) is 11.8 Å². The van der Waals surface area contributed by atoms with Crippen molar-refractivity contribution in [3.8, 4) is 5.75 Å². The van der Waals surface area contributed by atoms with Crippen molar-refractivity contribution in [3.05, 3.63) is 70.0 Å². The average Bonchev–Trinajstić information content (AvgIpc) is 3.00. The molecule has 2 aromatic carbocycles. The monoisotopic (exact) mass is 421 g/mol. The fraction of sp³-hybridized carbons (Fsp3) is 0.211. The second-order valence-electron chi connectivity index (χ2n) is 5.81. The van der Waals surface area contributed by atoms with Crippen molar-refractivity contribution in [2.75, 3.05) is 0 Å². The number of ketones is 1.